The summed E-state index contributed by atoms with van der Waals surface area (Å²) in [6, 6.07) is 2.13. The van der Waals surface area contributed by atoms with Crippen molar-refractivity contribution < 1.29 is 42.5 Å². The van der Waals surface area contributed by atoms with Crippen LogP contribution in [-0.4, -0.2) is 62.4 Å². The summed E-state index contributed by atoms with van der Waals surface area (Å²) in [5, 5.41) is 0. The van der Waals surface area contributed by atoms with Crippen LogP contribution in [0.2, 0.25) is 36.3 Å². The summed E-state index contributed by atoms with van der Waals surface area (Å²) in [5.41, 5.74) is 0. The molecule has 4 atom stereocenters. The lowest BCUT2D eigenvalue weighted by atomic mass is 11.0. The largest absolute Gasteiger partial charge is 0.483 e. The molecule has 3 fully saturated rings. The van der Waals surface area contributed by atoms with Gasteiger partial charge in [-0.25, -0.2) is 0 Å². The minimum absolute atomic E-state index is 0.255. The van der Waals surface area contributed by atoms with E-state index in [4.69, 9.17) is 32.9 Å². The molecule has 28 heavy (non-hydrogen) atoms. The summed E-state index contributed by atoms with van der Waals surface area (Å²) in [4.78, 5) is 22.6. The molecule has 2 N–H and O–H groups in total. The van der Waals surface area contributed by atoms with E-state index in [-0.39, 0.29) is 12.1 Å². The Hall–Kier alpha value is 0.901. The minimum Gasteiger partial charge on any atom is -0.391 e. The highest BCUT2D eigenvalue weighted by Crippen LogP contribution is 2.47. The van der Waals surface area contributed by atoms with Crippen LogP contribution in [0.3, 0.4) is 0 Å². The third-order valence-corrected chi connectivity index (χ3v) is 30.4. The maximum Gasteiger partial charge on any atom is 0.483 e. The average molecular weight is 505 g/mol. The molecule has 10 nitrogen and oxygen atoms in total. The van der Waals surface area contributed by atoms with Gasteiger partial charge in [-0.05, 0) is 0 Å². The molecule has 16 heteroatoms. The van der Waals surface area contributed by atoms with Gasteiger partial charge in [0.15, 0.2) is 0 Å². The second-order valence-corrected chi connectivity index (χ2v) is 26.2. The fraction of sp³-hybridized carbons (Fsp3) is 1.00. The van der Waals surface area contributed by atoms with E-state index in [0.717, 1.165) is 0 Å². The van der Waals surface area contributed by atoms with Crippen molar-refractivity contribution in [2.45, 2.75) is 77.8 Å². The van der Waals surface area contributed by atoms with Gasteiger partial charge in [0.2, 0.25) is 0 Å². The lowest BCUT2D eigenvalue weighted by molar-refractivity contribution is -0.000686. The molecular formula is C12H32O10Si6. The van der Waals surface area contributed by atoms with Crippen LogP contribution in [0.25, 0.3) is 0 Å². The second kappa shape index (κ2) is 7.79. The van der Waals surface area contributed by atoms with E-state index in [1.165, 1.54) is 0 Å². The van der Waals surface area contributed by atoms with Crippen molar-refractivity contribution >= 4 is 52.8 Å². The van der Waals surface area contributed by atoms with E-state index in [9.17, 15) is 9.59 Å². The van der Waals surface area contributed by atoms with Crippen molar-refractivity contribution in [3.05, 3.63) is 0 Å². The van der Waals surface area contributed by atoms with Crippen LogP contribution in [0.15, 0.2) is 0 Å². The predicted octanol–water partition coefficient (Wildman–Crippen LogP) is 1.90. The van der Waals surface area contributed by atoms with Gasteiger partial charge in [-0.1, -0.05) is 41.5 Å². The first kappa shape index (κ1) is 23.6. The minimum atomic E-state index is -3.74. The maximum atomic E-state index is 11.3. The highest BCUT2D eigenvalue weighted by atomic mass is 28.6. The highest BCUT2D eigenvalue weighted by molar-refractivity contribution is 6.99. The zero-order chi connectivity index (χ0) is 20.9. The lowest BCUT2D eigenvalue weighted by Crippen LogP contribution is -2.83. The van der Waals surface area contributed by atoms with Crippen LogP contribution < -0.4 is 0 Å². The van der Waals surface area contributed by atoms with Gasteiger partial charge in [0, 0.05) is 36.3 Å². The Morgan fingerprint density at radius 3 is 0.821 bits per heavy atom. The molecule has 4 bridgehead atoms. The summed E-state index contributed by atoms with van der Waals surface area (Å²) in [6.45, 7) is 11.1. The molecule has 4 unspecified atom stereocenters. The number of rotatable bonds is 6. The van der Waals surface area contributed by atoms with Crippen LogP contribution in [0, 0.1) is 0 Å². The van der Waals surface area contributed by atoms with Crippen LogP contribution in [0.1, 0.15) is 41.5 Å². The first-order valence-corrected chi connectivity index (χ1v) is 21.7. The standard InChI is InChI=1S/C12H32O10Si6/c1-7-23(13)15-25(9-3)16-24(14,8-2)18-27(11-5)20-26(10-4,17-23)21-28(12-6,19-25)22-27/h13-14H,7-12H2,1-6H3. The second-order valence-electron chi connectivity index (χ2n) is 7.10. The van der Waals surface area contributed by atoms with E-state index in [0.29, 0.717) is 24.2 Å². The molecule has 3 aliphatic rings. The molecule has 0 spiro atoms. The van der Waals surface area contributed by atoms with Gasteiger partial charge < -0.3 is 42.5 Å². The third kappa shape index (κ3) is 4.03. The summed E-state index contributed by atoms with van der Waals surface area (Å²) in [5.74, 6) is 0. The summed E-state index contributed by atoms with van der Waals surface area (Å²) in [6.07, 6.45) is 0. The molecule has 0 saturated carbocycles. The van der Waals surface area contributed by atoms with Gasteiger partial charge in [-0.3, -0.25) is 0 Å². The molecule has 3 aliphatic heterocycles. The molecule has 0 aromatic rings. The Balaban J connectivity index is 2.24. The van der Waals surface area contributed by atoms with Crippen molar-refractivity contribution in [1.82, 2.24) is 0 Å². The smallest absolute Gasteiger partial charge is 0.391 e. The van der Waals surface area contributed by atoms with Crippen molar-refractivity contribution in [1.29, 1.82) is 0 Å². The van der Waals surface area contributed by atoms with Crippen LogP contribution in [-0.2, 0) is 32.9 Å². The number of fused-ring (bicyclic) bond motifs is 3. The molecule has 3 heterocycles. The SMILES string of the molecule is CC[Si]1(O)O[Si]2(CC)O[Si](O)(CC)O[Si]3(CC)O[Si](CC)(O1)O[Si](CC)(O2)O3. The van der Waals surface area contributed by atoms with Gasteiger partial charge in [-0.2, -0.15) is 0 Å². The van der Waals surface area contributed by atoms with Crippen molar-refractivity contribution in [3.8, 4) is 0 Å². The zero-order valence-electron chi connectivity index (χ0n) is 17.4. The highest BCUT2D eigenvalue weighted by Gasteiger charge is 2.76. The molecule has 0 radical (unpaired) electrons. The van der Waals surface area contributed by atoms with E-state index < -0.39 is 52.8 Å². The van der Waals surface area contributed by atoms with Gasteiger partial charge in [0.05, 0.1) is 0 Å². The van der Waals surface area contributed by atoms with E-state index in [1.54, 1.807) is 13.8 Å². The molecular weight excluding hydrogens is 473 g/mol. The fourth-order valence-corrected chi connectivity index (χ4v) is 35.5. The topological polar surface area (TPSA) is 114 Å². The molecule has 0 amide bonds. The van der Waals surface area contributed by atoms with E-state index in [1.807, 2.05) is 27.7 Å². The fourth-order valence-electron chi connectivity index (χ4n) is 3.37. The van der Waals surface area contributed by atoms with Crippen molar-refractivity contribution in [2.24, 2.45) is 0 Å². The third-order valence-electron chi connectivity index (χ3n) is 5.13. The first-order valence-electron chi connectivity index (χ1n) is 10.1. The number of hydrogen-bond donors (Lipinski definition) is 2. The Morgan fingerprint density at radius 1 is 0.393 bits per heavy atom. The van der Waals surface area contributed by atoms with Gasteiger partial charge in [0.25, 0.3) is 0 Å². The molecule has 164 valence electrons. The van der Waals surface area contributed by atoms with Gasteiger partial charge in [-0.15, -0.1) is 0 Å². The molecule has 0 aliphatic carbocycles. The molecule has 3 rings (SSSR count). The first-order chi connectivity index (χ1) is 13.0. The summed E-state index contributed by atoms with van der Waals surface area (Å²) >= 11 is 0. The molecule has 3 saturated heterocycles. The molecule has 0 aromatic heterocycles. The average Bonchev–Trinajstić information content (AvgIpc) is 2.65. The number of hydrogen-bond acceptors (Lipinski definition) is 10. The van der Waals surface area contributed by atoms with E-state index >= 15 is 0 Å². The monoisotopic (exact) mass is 504 g/mol. The Bertz CT molecular complexity index is 546. The van der Waals surface area contributed by atoms with Gasteiger partial charge in [0.1, 0.15) is 0 Å². The predicted molar refractivity (Wildman–Crippen MR) is 111 cm³/mol. The quantitative estimate of drug-likeness (QED) is 0.520. The maximum absolute atomic E-state index is 11.3. The van der Waals surface area contributed by atoms with Gasteiger partial charge >= 0.3 is 52.8 Å². The Morgan fingerprint density at radius 2 is 0.607 bits per heavy atom. The lowest BCUT2D eigenvalue weighted by Gasteiger charge is -2.58. The molecule has 0 aromatic carbocycles. The Kier molecular flexibility index (Phi) is 6.56. The van der Waals surface area contributed by atoms with Crippen molar-refractivity contribution in [3.63, 3.8) is 0 Å². The summed E-state index contributed by atoms with van der Waals surface area (Å²) < 4.78 is 50.6. The Labute approximate surface area is 173 Å². The van der Waals surface area contributed by atoms with E-state index in [2.05, 4.69) is 0 Å². The summed E-state index contributed by atoms with van der Waals surface area (Å²) in [7, 11) is -21.3. The normalized spacial score (nSPS) is 51.4. The van der Waals surface area contributed by atoms with Crippen molar-refractivity contribution in [2.75, 3.05) is 0 Å². The van der Waals surface area contributed by atoms with Crippen LogP contribution in [0.4, 0.5) is 0 Å². The zero-order valence-corrected chi connectivity index (χ0v) is 23.4. The van der Waals surface area contributed by atoms with Crippen LogP contribution in [0.5, 0.6) is 0 Å². The van der Waals surface area contributed by atoms with Crippen LogP contribution >= 0.6 is 0 Å².